The zero-order valence-electron chi connectivity index (χ0n) is 33.2. The number of hydrogen-bond donors (Lipinski definition) is 2. The summed E-state index contributed by atoms with van der Waals surface area (Å²) in [6.07, 6.45) is 14.7. The highest BCUT2D eigenvalue weighted by Crippen LogP contribution is 2.62. The maximum Gasteiger partial charge on any atom is 0.0829 e. The van der Waals surface area contributed by atoms with E-state index in [0.29, 0.717) is 11.8 Å². The third kappa shape index (κ3) is 7.79. The minimum atomic E-state index is -0.00445. The van der Waals surface area contributed by atoms with Crippen LogP contribution in [0.2, 0.25) is 0 Å². The van der Waals surface area contributed by atoms with Crippen molar-refractivity contribution in [3.63, 3.8) is 0 Å². The van der Waals surface area contributed by atoms with Crippen LogP contribution in [0.15, 0.2) is 113 Å². The molecule has 8 heteroatoms. The van der Waals surface area contributed by atoms with E-state index in [1.807, 2.05) is 28.9 Å². The Kier molecular flexibility index (Phi) is 12.7. The molecule has 2 aliphatic heterocycles. The molecule has 56 heavy (non-hydrogen) atoms. The molecule has 8 rings (SSSR count). The Morgan fingerprint density at radius 1 is 0.679 bits per heavy atom. The van der Waals surface area contributed by atoms with Gasteiger partial charge in [0.1, 0.15) is 0 Å². The van der Waals surface area contributed by atoms with Gasteiger partial charge in [-0.3, -0.25) is 4.99 Å². The van der Waals surface area contributed by atoms with Gasteiger partial charge >= 0.3 is 0 Å². The largest absolute Gasteiger partial charge is 0.311 e. The lowest BCUT2D eigenvalue weighted by Crippen LogP contribution is -2.42. The van der Waals surface area contributed by atoms with Crippen LogP contribution in [0.3, 0.4) is 0 Å². The van der Waals surface area contributed by atoms with Crippen LogP contribution >= 0.6 is 50.7 Å². The first-order valence-corrected chi connectivity index (χ1v) is 24.1. The second-order valence-corrected chi connectivity index (χ2v) is 19.6. The fraction of sp³-hybridized carbons (Fsp3) is 0.396. The molecule has 0 amide bonds. The van der Waals surface area contributed by atoms with Crippen LogP contribution in [-0.4, -0.2) is 17.8 Å². The Hall–Kier alpha value is -2.98. The average Bonchev–Trinajstić information content (AvgIpc) is 4.04. The van der Waals surface area contributed by atoms with Crippen molar-refractivity contribution in [1.29, 1.82) is 0 Å². The van der Waals surface area contributed by atoms with Crippen LogP contribution in [0.25, 0.3) is 20.2 Å². The van der Waals surface area contributed by atoms with Gasteiger partial charge in [0.25, 0.3) is 0 Å². The van der Waals surface area contributed by atoms with E-state index in [2.05, 4.69) is 155 Å². The minimum absolute atomic E-state index is 0.00445. The van der Waals surface area contributed by atoms with E-state index in [9.17, 15) is 0 Å². The van der Waals surface area contributed by atoms with Gasteiger partial charge in [-0.15, -0.1) is 22.7 Å². The summed E-state index contributed by atoms with van der Waals surface area (Å²) in [4.78, 5) is 13.1. The molecule has 1 saturated heterocycles. The highest BCUT2D eigenvalue weighted by Gasteiger charge is 2.49. The number of aliphatic imine (C=N–C) groups is 1. The number of rotatable bonds is 17. The number of hydrogen-bond acceptors (Lipinski definition) is 7. The molecule has 0 spiro atoms. The monoisotopic (exact) mass is 862 g/mol. The number of para-hydroxylation sites is 2. The average molecular weight is 864 g/mol. The molecule has 2 aromatic heterocycles. The van der Waals surface area contributed by atoms with E-state index < -0.39 is 0 Å². The number of fused-ring (bicyclic) bond motifs is 4. The van der Waals surface area contributed by atoms with E-state index in [4.69, 9.17) is 4.99 Å². The fourth-order valence-electron chi connectivity index (χ4n) is 9.25. The summed E-state index contributed by atoms with van der Waals surface area (Å²) >= 11 is 9.39. The van der Waals surface area contributed by atoms with Gasteiger partial charge in [-0.1, -0.05) is 144 Å². The normalized spacial score (nSPS) is 20.9. The number of nitrogens with zero attached hydrogens (tertiary/aromatic N) is 2. The Morgan fingerprint density at radius 3 is 1.75 bits per heavy atom. The molecular formula is C48H55BrN4S3. The molecule has 4 heterocycles. The van der Waals surface area contributed by atoms with Crippen LogP contribution in [0, 0.1) is 11.8 Å². The molecule has 1 fully saturated rings. The molecule has 3 aromatic carbocycles. The highest BCUT2D eigenvalue weighted by molar-refractivity contribution is 9.11. The van der Waals surface area contributed by atoms with E-state index in [-0.39, 0.29) is 17.5 Å². The number of nitrogens with one attached hydrogen (secondary N) is 2. The van der Waals surface area contributed by atoms with Gasteiger partial charge in [0.05, 0.1) is 22.7 Å². The molecule has 5 aromatic rings. The molecule has 4 unspecified atom stereocenters. The number of halogens is 1. The Labute approximate surface area is 355 Å². The summed E-state index contributed by atoms with van der Waals surface area (Å²) in [5.74, 6) is 1.38. The summed E-state index contributed by atoms with van der Waals surface area (Å²) < 4.78 is 8.31. The minimum Gasteiger partial charge on any atom is -0.311 e. The van der Waals surface area contributed by atoms with Crippen molar-refractivity contribution in [2.45, 2.75) is 109 Å². The van der Waals surface area contributed by atoms with Crippen molar-refractivity contribution in [3.8, 4) is 20.2 Å². The van der Waals surface area contributed by atoms with Crippen molar-refractivity contribution in [2.24, 2.45) is 16.8 Å². The van der Waals surface area contributed by atoms with Crippen LogP contribution in [0.4, 0.5) is 17.1 Å². The summed E-state index contributed by atoms with van der Waals surface area (Å²) in [5, 5.41) is 0. The number of benzene rings is 3. The molecule has 0 saturated carbocycles. The van der Waals surface area contributed by atoms with E-state index in [1.165, 1.54) is 95.0 Å². The zero-order valence-corrected chi connectivity index (χ0v) is 37.2. The third-order valence-electron chi connectivity index (χ3n) is 12.4. The van der Waals surface area contributed by atoms with Crippen molar-refractivity contribution in [2.75, 3.05) is 4.90 Å². The second-order valence-electron chi connectivity index (χ2n) is 15.9. The highest BCUT2D eigenvalue weighted by atomic mass is 79.9. The maximum atomic E-state index is 5.10. The lowest BCUT2D eigenvalue weighted by atomic mass is 9.65. The van der Waals surface area contributed by atoms with Crippen molar-refractivity contribution >= 4 is 73.5 Å². The van der Waals surface area contributed by atoms with Gasteiger partial charge in [-0.2, -0.15) is 0 Å². The van der Waals surface area contributed by atoms with E-state index in [1.54, 1.807) is 23.3 Å². The number of thiophene rings is 2. The second kappa shape index (κ2) is 17.9. The summed E-state index contributed by atoms with van der Waals surface area (Å²) in [5.41, 5.74) is 9.12. The van der Waals surface area contributed by atoms with Crippen LogP contribution in [0.5, 0.6) is 0 Å². The molecule has 292 valence electrons. The SMILES string of the molecule is CCCCC(CC)CC1(CC(CC)CCCC)c2cc(C3=NC=C(Br)C4NSNC34)sc2-c2sc(-c3ccc(N(c4ccccc4)c4ccccc4)cc3)cc21. The molecule has 4 nitrogen and oxygen atoms in total. The maximum absolute atomic E-state index is 5.10. The van der Waals surface area contributed by atoms with Crippen molar-refractivity contribution in [1.82, 2.24) is 9.44 Å². The first-order chi connectivity index (χ1) is 27.5. The molecule has 2 N–H and O–H groups in total. The molecule has 0 radical (unpaired) electrons. The Balaban J connectivity index is 1.24. The smallest absolute Gasteiger partial charge is 0.0829 e. The zero-order chi connectivity index (χ0) is 38.6. The summed E-state index contributed by atoms with van der Waals surface area (Å²) in [6, 6.07) is 36.3. The Bertz CT molecular complexity index is 2080. The van der Waals surface area contributed by atoms with Gasteiger partial charge in [0.15, 0.2) is 0 Å². The lowest BCUT2D eigenvalue weighted by Gasteiger charge is -2.38. The predicted molar refractivity (Wildman–Crippen MR) is 249 cm³/mol. The quantitative estimate of drug-likeness (QED) is 0.0914. The fourth-order valence-corrected chi connectivity index (χ4v) is 13.4. The van der Waals surface area contributed by atoms with E-state index in [0.717, 1.165) is 21.6 Å². The van der Waals surface area contributed by atoms with Gasteiger partial charge in [-0.25, -0.2) is 9.44 Å². The molecule has 1 aliphatic carbocycles. The summed E-state index contributed by atoms with van der Waals surface area (Å²) in [6.45, 7) is 9.57. The van der Waals surface area contributed by atoms with Gasteiger partial charge < -0.3 is 4.90 Å². The number of unbranched alkanes of at least 4 members (excludes halogenated alkanes) is 2. The van der Waals surface area contributed by atoms with Gasteiger partial charge in [-0.05, 0) is 89.9 Å². The standard InChI is InChI=1S/C48H55BrN4S3/c1-5-9-17-32(7-3)29-48(30-33(8-4)18-10-6-2)38-27-41(34-23-25-37(26-24-34)53(35-19-13-11-14-20-35)36-21-15-12-16-22-36)54-46(38)47-39(48)28-42(55-47)44-45-43(51-56-52-45)40(49)31-50-44/h11-16,19-28,31-33,43,45,51-52H,5-10,17-18,29-30H2,1-4H3. The first kappa shape index (κ1) is 39.8. The van der Waals surface area contributed by atoms with Crippen molar-refractivity contribution in [3.05, 3.63) is 124 Å². The van der Waals surface area contributed by atoms with Crippen LogP contribution in [0.1, 0.15) is 108 Å². The predicted octanol–water partition coefficient (Wildman–Crippen LogP) is 15.0. The Morgan fingerprint density at radius 2 is 1.20 bits per heavy atom. The summed E-state index contributed by atoms with van der Waals surface area (Å²) in [7, 11) is 0. The first-order valence-electron chi connectivity index (χ1n) is 20.9. The number of anilines is 3. The third-order valence-corrected chi connectivity index (χ3v) is 16.3. The van der Waals surface area contributed by atoms with Crippen LogP contribution in [-0.2, 0) is 5.41 Å². The topological polar surface area (TPSA) is 39.7 Å². The van der Waals surface area contributed by atoms with E-state index >= 15 is 0 Å². The lowest BCUT2D eigenvalue weighted by molar-refractivity contribution is 0.266. The van der Waals surface area contributed by atoms with Gasteiger partial charge in [0, 0.05) is 59.9 Å². The molecular weight excluding hydrogens is 809 g/mol. The van der Waals surface area contributed by atoms with Crippen molar-refractivity contribution < 1.29 is 0 Å². The molecule has 3 aliphatic rings. The van der Waals surface area contributed by atoms with Gasteiger partial charge in [0.2, 0.25) is 0 Å². The molecule has 0 bridgehead atoms. The molecule has 4 atom stereocenters. The van der Waals surface area contributed by atoms with Crippen LogP contribution < -0.4 is 14.3 Å².